The first-order chi connectivity index (χ1) is 6.59. The maximum Gasteiger partial charge on any atom is 0.166 e. The summed E-state index contributed by atoms with van der Waals surface area (Å²) in [7, 11) is 0. The summed E-state index contributed by atoms with van der Waals surface area (Å²) in [6.45, 7) is 0.367. The van der Waals surface area contributed by atoms with Crippen molar-refractivity contribution in [2.24, 2.45) is 5.73 Å². The van der Waals surface area contributed by atoms with Gasteiger partial charge in [-0.05, 0) is 31.0 Å². The average Bonchev–Trinajstić information content (AvgIpc) is 2.83. The molecule has 0 amide bonds. The monoisotopic (exact) mass is 215 g/mol. The molecular weight excluding hydrogens is 205 g/mol. The van der Waals surface area contributed by atoms with Crippen molar-refractivity contribution in [1.82, 2.24) is 0 Å². The third-order valence-electron chi connectivity index (χ3n) is 2.30. The van der Waals surface area contributed by atoms with Gasteiger partial charge in [0.15, 0.2) is 11.6 Å². The summed E-state index contributed by atoms with van der Waals surface area (Å²) in [4.78, 5) is 0. The highest BCUT2D eigenvalue weighted by atomic mass is 35.5. The first-order valence-corrected chi connectivity index (χ1v) is 4.84. The van der Waals surface area contributed by atoms with Crippen LogP contribution in [0.5, 0.6) is 5.75 Å². The molecule has 14 heavy (non-hydrogen) atoms. The second kappa shape index (κ2) is 3.41. The highest BCUT2D eigenvalue weighted by Gasteiger charge is 2.39. The van der Waals surface area contributed by atoms with Crippen molar-refractivity contribution in [3.8, 4) is 5.75 Å². The summed E-state index contributed by atoms with van der Waals surface area (Å²) in [6.07, 6.45) is 1.89. The summed E-state index contributed by atoms with van der Waals surface area (Å²) in [6, 6.07) is 4.34. The fourth-order valence-electron chi connectivity index (χ4n) is 1.12. The molecule has 1 fully saturated rings. The average molecular weight is 216 g/mol. The zero-order chi connectivity index (χ0) is 10.2. The van der Waals surface area contributed by atoms with Crippen molar-refractivity contribution < 1.29 is 9.13 Å². The minimum Gasteiger partial charge on any atom is -0.489 e. The minimum absolute atomic E-state index is 0.214. The van der Waals surface area contributed by atoms with Crippen molar-refractivity contribution in [2.75, 3.05) is 6.61 Å². The molecule has 1 saturated carbocycles. The molecular formula is C10H11ClFNO. The molecule has 1 aromatic carbocycles. The van der Waals surface area contributed by atoms with Crippen molar-refractivity contribution in [3.05, 3.63) is 29.0 Å². The van der Waals surface area contributed by atoms with Gasteiger partial charge in [0.25, 0.3) is 0 Å². The lowest BCUT2D eigenvalue weighted by Crippen LogP contribution is -2.29. The van der Waals surface area contributed by atoms with Crippen LogP contribution in [0, 0.1) is 5.82 Å². The van der Waals surface area contributed by atoms with Crippen LogP contribution in [-0.2, 0) is 0 Å². The number of ether oxygens (including phenoxy) is 1. The van der Waals surface area contributed by atoms with Crippen molar-refractivity contribution >= 4 is 11.6 Å². The van der Waals surface area contributed by atoms with Gasteiger partial charge in [-0.15, -0.1) is 0 Å². The van der Waals surface area contributed by atoms with Crippen LogP contribution in [0.15, 0.2) is 18.2 Å². The molecule has 0 atom stereocenters. The van der Waals surface area contributed by atoms with Gasteiger partial charge >= 0.3 is 0 Å². The number of benzene rings is 1. The van der Waals surface area contributed by atoms with Crippen molar-refractivity contribution in [2.45, 2.75) is 18.4 Å². The van der Waals surface area contributed by atoms with Crippen LogP contribution in [0.1, 0.15) is 12.8 Å². The summed E-state index contributed by atoms with van der Waals surface area (Å²) in [5.74, 6) is -0.229. The molecule has 2 nitrogen and oxygen atoms in total. The number of nitrogens with two attached hydrogens (primary N) is 1. The lowest BCUT2D eigenvalue weighted by Gasteiger charge is -2.11. The van der Waals surface area contributed by atoms with Gasteiger partial charge in [0.05, 0.1) is 5.54 Å². The Morgan fingerprint density at radius 1 is 1.50 bits per heavy atom. The second-order valence-corrected chi connectivity index (χ2v) is 4.16. The van der Waals surface area contributed by atoms with E-state index in [4.69, 9.17) is 22.1 Å². The SMILES string of the molecule is NC1(COc2ccc(Cl)cc2F)CC1. The summed E-state index contributed by atoms with van der Waals surface area (Å²) in [5.41, 5.74) is 5.57. The van der Waals surface area contributed by atoms with E-state index in [1.165, 1.54) is 12.1 Å². The largest absolute Gasteiger partial charge is 0.489 e. The zero-order valence-corrected chi connectivity index (χ0v) is 8.35. The molecule has 0 saturated heterocycles. The quantitative estimate of drug-likeness (QED) is 0.840. The minimum atomic E-state index is -0.443. The third-order valence-corrected chi connectivity index (χ3v) is 2.54. The maximum atomic E-state index is 13.2. The highest BCUT2D eigenvalue weighted by Crippen LogP contribution is 2.33. The summed E-state index contributed by atoms with van der Waals surface area (Å²) < 4.78 is 18.5. The van der Waals surface area contributed by atoms with Crippen LogP contribution in [0.25, 0.3) is 0 Å². The Hall–Kier alpha value is -0.800. The predicted octanol–water partition coefficient (Wildman–Crippen LogP) is 2.35. The standard InChI is InChI=1S/C10H11ClFNO/c11-7-1-2-9(8(12)5-7)14-6-10(13)3-4-10/h1-2,5H,3-4,6,13H2. The summed E-state index contributed by atoms with van der Waals surface area (Å²) in [5, 5.41) is 0.365. The van der Waals surface area contributed by atoms with Crippen LogP contribution in [-0.4, -0.2) is 12.1 Å². The summed E-state index contributed by atoms with van der Waals surface area (Å²) >= 11 is 5.60. The third kappa shape index (κ3) is 2.16. The molecule has 2 rings (SSSR count). The lowest BCUT2D eigenvalue weighted by molar-refractivity contribution is 0.267. The molecule has 0 aliphatic heterocycles. The van der Waals surface area contributed by atoms with Gasteiger partial charge in [0.2, 0.25) is 0 Å². The van der Waals surface area contributed by atoms with E-state index in [9.17, 15) is 4.39 Å². The van der Waals surface area contributed by atoms with E-state index >= 15 is 0 Å². The van der Waals surface area contributed by atoms with Gasteiger partial charge in [-0.25, -0.2) is 4.39 Å². The highest BCUT2D eigenvalue weighted by molar-refractivity contribution is 6.30. The first kappa shape index (κ1) is 9.74. The fourth-order valence-corrected chi connectivity index (χ4v) is 1.28. The molecule has 1 aliphatic rings. The Bertz CT molecular complexity index is 352. The van der Waals surface area contributed by atoms with Gasteiger partial charge in [0, 0.05) is 5.02 Å². The zero-order valence-electron chi connectivity index (χ0n) is 7.59. The van der Waals surface area contributed by atoms with E-state index in [0.717, 1.165) is 12.8 Å². The molecule has 0 radical (unpaired) electrons. The van der Waals surface area contributed by atoms with E-state index in [1.54, 1.807) is 6.07 Å². The van der Waals surface area contributed by atoms with Gasteiger partial charge < -0.3 is 10.5 Å². The fraction of sp³-hybridized carbons (Fsp3) is 0.400. The van der Waals surface area contributed by atoms with Gasteiger partial charge in [-0.2, -0.15) is 0 Å². The van der Waals surface area contributed by atoms with Crippen molar-refractivity contribution in [3.63, 3.8) is 0 Å². The molecule has 76 valence electrons. The first-order valence-electron chi connectivity index (χ1n) is 4.46. The Balaban J connectivity index is 2.02. The van der Waals surface area contributed by atoms with Crippen LogP contribution < -0.4 is 10.5 Å². The molecule has 2 N–H and O–H groups in total. The Morgan fingerprint density at radius 2 is 2.21 bits per heavy atom. The topological polar surface area (TPSA) is 35.2 Å². The van der Waals surface area contributed by atoms with E-state index in [1.807, 2.05) is 0 Å². The molecule has 0 bridgehead atoms. The number of hydrogen-bond donors (Lipinski definition) is 1. The molecule has 4 heteroatoms. The Kier molecular flexibility index (Phi) is 2.37. The van der Waals surface area contributed by atoms with Crippen LogP contribution in [0.3, 0.4) is 0 Å². The molecule has 1 aliphatic carbocycles. The second-order valence-electron chi connectivity index (χ2n) is 3.73. The number of rotatable bonds is 3. The van der Waals surface area contributed by atoms with Crippen molar-refractivity contribution in [1.29, 1.82) is 0 Å². The molecule has 0 heterocycles. The van der Waals surface area contributed by atoms with Crippen LogP contribution >= 0.6 is 11.6 Å². The van der Waals surface area contributed by atoms with Gasteiger partial charge in [-0.1, -0.05) is 11.6 Å². The smallest absolute Gasteiger partial charge is 0.166 e. The number of halogens is 2. The molecule has 1 aromatic rings. The molecule has 0 aromatic heterocycles. The molecule has 0 spiro atoms. The Morgan fingerprint density at radius 3 is 2.79 bits per heavy atom. The van der Waals surface area contributed by atoms with Crippen LogP contribution in [0.4, 0.5) is 4.39 Å². The molecule has 0 unspecified atom stereocenters. The normalized spacial score (nSPS) is 17.9. The Labute approximate surface area is 86.8 Å². The van der Waals surface area contributed by atoms with E-state index in [-0.39, 0.29) is 11.3 Å². The van der Waals surface area contributed by atoms with E-state index in [2.05, 4.69) is 0 Å². The van der Waals surface area contributed by atoms with E-state index in [0.29, 0.717) is 11.6 Å². The maximum absolute atomic E-state index is 13.2. The lowest BCUT2D eigenvalue weighted by atomic mass is 10.3. The van der Waals surface area contributed by atoms with Crippen LogP contribution in [0.2, 0.25) is 5.02 Å². The number of hydrogen-bond acceptors (Lipinski definition) is 2. The van der Waals surface area contributed by atoms with Gasteiger partial charge in [0.1, 0.15) is 6.61 Å². The predicted molar refractivity (Wildman–Crippen MR) is 53.1 cm³/mol. The van der Waals surface area contributed by atoms with Gasteiger partial charge in [-0.3, -0.25) is 0 Å². The van der Waals surface area contributed by atoms with E-state index < -0.39 is 5.82 Å².